The lowest BCUT2D eigenvalue weighted by molar-refractivity contribution is 0.0502. The van der Waals surface area contributed by atoms with Crippen LogP contribution in [0.2, 0.25) is 10.0 Å². The van der Waals surface area contributed by atoms with Crippen molar-refractivity contribution in [2.45, 2.75) is 0 Å². The molecule has 0 amide bonds. The maximum atomic E-state index is 13.8. The van der Waals surface area contributed by atoms with E-state index in [0.29, 0.717) is 21.2 Å². The normalized spacial score (nSPS) is 10.6. The van der Waals surface area contributed by atoms with E-state index in [-0.39, 0.29) is 5.71 Å². The maximum absolute atomic E-state index is 13.8. The molecule has 0 fully saturated rings. The molecule has 0 aliphatic carbocycles. The summed E-state index contributed by atoms with van der Waals surface area (Å²) in [5, 5.41) is 4.36. The Kier molecular flexibility index (Phi) is 6.38. The highest BCUT2D eigenvalue weighted by Gasteiger charge is 2.31. The second-order valence-electron chi connectivity index (χ2n) is 5.78. The van der Waals surface area contributed by atoms with E-state index in [1.807, 2.05) is 0 Å². The number of hydrogen-bond donors (Lipinski definition) is 0. The SMILES string of the molecule is O=C(ON=C(c1ccc(Cl)cc1)c1ccc(Cl)cc1)c1c(F)c(F)c(F)c(F)c1F. The molecule has 3 rings (SSSR count). The van der Waals surface area contributed by atoms with Crippen molar-refractivity contribution in [3.63, 3.8) is 0 Å². The highest BCUT2D eigenvalue weighted by Crippen LogP contribution is 2.24. The molecule has 0 atom stereocenters. The first-order chi connectivity index (χ1) is 14.2. The number of nitrogens with zero attached hydrogens (tertiary/aromatic N) is 1. The Morgan fingerprint density at radius 2 is 1.03 bits per heavy atom. The van der Waals surface area contributed by atoms with Crippen LogP contribution in [-0.2, 0) is 4.84 Å². The zero-order valence-corrected chi connectivity index (χ0v) is 16.0. The van der Waals surface area contributed by atoms with Crippen molar-refractivity contribution < 1.29 is 31.6 Å². The molecular weight excluding hydrogens is 452 g/mol. The van der Waals surface area contributed by atoms with Crippen molar-refractivity contribution in [2.75, 3.05) is 0 Å². The Labute approximate surface area is 176 Å². The Morgan fingerprint density at radius 1 is 0.667 bits per heavy atom. The van der Waals surface area contributed by atoms with Gasteiger partial charge in [0.25, 0.3) is 0 Å². The number of oxime groups is 1. The third kappa shape index (κ3) is 4.29. The molecule has 3 aromatic rings. The molecule has 3 aromatic carbocycles. The van der Waals surface area contributed by atoms with Gasteiger partial charge in [-0.25, -0.2) is 26.7 Å². The van der Waals surface area contributed by atoms with Crippen LogP contribution in [0.5, 0.6) is 0 Å². The van der Waals surface area contributed by atoms with Gasteiger partial charge in [-0.1, -0.05) is 52.6 Å². The van der Waals surface area contributed by atoms with E-state index in [4.69, 9.17) is 23.2 Å². The lowest BCUT2D eigenvalue weighted by Gasteiger charge is -2.09. The molecule has 0 spiro atoms. The molecule has 0 aromatic heterocycles. The summed E-state index contributed by atoms with van der Waals surface area (Å²) < 4.78 is 67.5. The minimum absolute atomic E-state index is 0.0144. The largest absolute Gasteiger partial charge is 0.371 e. The van der Waals surface area contributed by atoms with Gasteiger partial charge in [0.2, 0.25) is 5.82 Å². The maximum Gasteiger partial charge on any atom is 0.371 e. The van der Waals surface area contributed by atoms with Gasteiger partial charge in [-0.3, -0.25) is 0 Å². The quantitative estimate of drug-likeness (QED) is 0.115. The van der Waals surface area contributed by atoms with Gasteiger partial charge in [0.15, 0.2) is 23.3 Å². The zero-order chi connectivity index (χ0) is 22.0. The van der Waals surface area contributed by atoms with Crippen molar-refractivity contribution in [2.24, 2.45) is 5.16 Å². The molecule has 0 unspecified atom stereocenters. The summed E-state index contributed by atoms with van der Waals surface area (Å²) >= 11 is 11.7. The van der Waals surface area contributed by atoms with Crippen LogP contribution in [0.4, 0.5) is 22.0 Å². The summed E-state index contributed by atoms with van der Waals surface area (Å²) in [6.07, 6.45) is 0. The number of carbonyl (C=O) groups excluding carboxylic acids is 1. The first-order valence-corrected chi connectivity index (χ1v) is 8.79. The Hall–Kier alpha value is -2.97. The van der Waals surface area contributed by atoms with Crippen LogP contribution in [0, 0.1) is 29.1 Å². The highest BCUT2D eigenvalue weighted by molar-refractivity contribution is 6.31. The summed E-state index contributed by atoms with van der Waals surface area (Å²) in [6, 6.07) is 12.1. The molecule has 10 heteroatoms. The Bertz CT molecular complexity index is 1070. The van der Waals surface area contributed by atoms with Crippen molar-refractivity contribution in [3.8, 4) is 0 Å². The van der Waals surface area contributed by atoms with E-state index in [0.717, 1.165) is 0 Å². The average Bonchev–Trinajstić information content (AvgIpc) is 2.73. The molecule has 0 saturated carbocycles. The molecule has 0 heterocycles. The van der Waals surface area contributed by atoms with Crippen molar-refractivity contribution in [3.05, 3.63) is 104 Å². The zero-order valence-electron chi connectivity index (χ0n) is 14.5. The fraction of sp³-hybridized carbons (Fsp3) is 0. The highest BCUT2D eigenvalue weighted by atomic mass is 35.5. The molecule has 154 valence electrons. The number of hydrogen-bond acceptors (Lipinski definition) is 3. The second-order valence-corrected chi connectivity index (χ2v) is 6.65. The smallest absolute Gasteiger partial charge is 0.312 e. The minimum atomic E-state index is -2.40. The Balaban J connectivity index is 2.04. The molecule has 30 heavy (non-hydrogen) atoms. The third-order valence-corrected chi connectivity index (χ3v) is 4.37. The summed E-state index contributed by atoms with van der Waals surface area (Å²) in [7, 11) is 0. The van der Waals surface area contributed by atoms with E-state index >= 15 is 0 Å². The fourth-order valence-corrected chi connectivity index (χ4v) is 2.66. The first-order valence-electron chi connectivity index (χ1n) is 8.03. The van der Waals surface area contributed by atoms with E-state index in [1.165, 1.54) is 48.5 Å². The molecular formula is C20H8Cl2F5NO2. The van der Waals surface area contributed by atoms with Gasteiger partial charge in [0.1, 0.15) is 11.3 Å². The molecule has 0 aliphatic rings. The van der Waals surface area contributed by atoms with Gasteiger partial charge in [0, 0.05) is 21.2 Å². The average molecular weight is 460 g/mol. The lowest BCUT2D eigenvalue weighted by Crippen LogP contribution is -2.15. The van der Waals surface area contributed by atoms with E-state index in [1.54, 1.807) is 0 Å². The van der Waals surface area contributed by atoms with Crippen LogP contribution in [-0.4, -0.2) is 11.7 Å². The van der Waals surface area contributed by atoms with Crippen LogP contribution in [0.1, 0.15) is 21.5 Å². The number of halogens is 7. The lowest BCUT2D eigenvalue weighted by atomic mass is 10.0. The van der Waals surface area contributed by atoms with E-state index in [9.17, 15) is 26.7 Å². The minimum Gasteiger partial charge on any atom is -0.312 e. The van der Waals surface area contributed by atoms with Gasteiger partial charge < -0.3 is 4.84 Å². The van der Waals surface area contributed by atoms with Gasteiger partial charge >= 0.3 is 5.97 Å². The summed E-state index contributed by atoms with van der Waals surface area (Å²) in [5.74, 6) is -13.5. The first kappa shape index (κ1) is 21.7. The number of carbonyl (C=O) groups is 1. The third-order valence-electron chi connectivity index (χ3n) is 3.87. The van der Waals surface area contributed by atoms with Crippen molar-refractivity contribution in [1.82, 2.24) is 0 Å². The van der Waals surface area contributed by atoms with Crippen molar-refractivity contribution >= 4 is 34.9 Å². The summed E-state index contributed by atoms with van der Waals surface area (Å²) in [4.78, 5) is 16.6. The van der Waals surface area contributed by atoms with Crippen LogP contribution in [0.3, 0.4) is 0 Å². The van der Waals surface area contributed by atoms with Gasteiger partial charge in [-0.2, -0.15) is 0 Å². The second kappa shape index (κ2) is 8.81. The number of rotatable bonds is 4. The summed E-state index contributed by atoms with van der Waals surface area (Å²) in [5.41, 5.74) is -0.985. The van der Waals surface area contributed by atoms with Crippen LogP contribution >= 0.6 is 23.2 Å². The van der Waals surface area contributed by atoms with E-state index < -0.39 is 40.6 Å². The van der Waals surface area contributed by atoms with Gasteiger partial charge in [-0.15, -0.1) is 0 Å². The van der Waals surface area contributed by atoms with Crippen LogP contribution in [0.25, 0.3) is 0 Å². The predicted molar refractivity (Wildman–Crippen MR) is 100 cm³/mol. The molecule has 0 radical (unpaired) electrons. The van der Waals surface area contributed by atoms with Crippen molar-refractivity contribution in [1.29, 1.82) is 0 Å². The molecule has 3 nitrogen and oxygen atoms in total. The summed E-state index contributed by atoms with van der Waals surface area (Å²) in [6.45, 7) is 0. The predicted octanol–water partition coefficient (Wildman–Crippen LogP) is 6.30. The molecule has 0 N–H and O–H groups in total. The Morgan fingerprint density at radius 3 is 1.43 bits per heavy atom. The van der Waals surface area contributed by atoms with Gasteiger partial charge in [-0.05, 0) is 24.3 Å². The molecule has 0 saturated heterocycles. The number of benzene rings is 3. The van der Waals surface area contributed by atoms with Crippen LogP contribution in [0.15, 0.2) is 53.7 Å². The molecule has 0 bridgehead atoms. The topological polar surface area (TPSA) is 38.7 Å². The van der Waals surface area contributed by atoms with E-state index in [2.05, 4.69) is 9.99 Å². The molecule has 0 aliphatic heterocycles. The van der Waals surface area contributed by atoms with Crippen LogP contribution < -0.4 is 0 Å². The van der Waals surface area contributed by atoms with Gasteiger partial charge in [0.05, 0.1) is 0 Å². The fourth-order valence-electron chi connectivity index (χ4n) is 2.40. The standard InChI is InChI=1S/C20H8Cl2F5NO2/c21-11-5-1-9(2-6-11)19(10-3-7-12(22)8-4-10)28-30-20(29)13-14(23)16(25)18(27)17(26)15(13)24/h1-8H. The monoisotopic (exact) mass is 459 g/mol.